The van der Waals surface area contributed by atoms with Crippen molar-refractivity contribution in [2.24, 2.45) is 5.92 Å². The molecule has 60 valence electrons. The predicted molar refractivity (Wildman–Crippen MR) is 46.9 cm³/mol. The van der Waals surface area contributed by atoms with Crippen LogP contribution >= 0.6 is 23.2 Å². The summed E-state index contributed by atoms with van der Waals surface area (Å²) in [6.07, 6.45) is 4.75. The summed E-state index contributed by atoms with van der Waals surface area (Å²) >= 11 is 12.0. The molecule has 0 N–H and O–H groups in total. The minimum absolute atomic E-state index is 0.223. The average Bonchev–Trinajstić information content (AvgIpc) is 1.95. The van der Waals surface area contributed by atoms with Gasteiger partial charge in [0.15, 0.2) is 0 Å². The topological polar surface area (TPSA) is 0 Å². The molecule has 0 nitrogen and oxygen atoms in total. The zero-order valence-electron chi connectivity index (χ0n) is 6.32. The maximum atomic E-state index is 6.01. The van der Waals surface area contributed by atoms with Crippen molar-refractivity contribution in [2.75, 3.05) is 0 Å². The largest absolute Gasteiger partial charge is 0.121 e. The minimum Gasteiger partial charge on any atom is -0.121 e. The first kappa shape index (κ1) is 8.67. The Balaban J connectivity index is 2.33. The van der Waals surface area contributed by atoms with Gasteiger partial charge < -0.3 is 0 Å². The standard InChI is InChI=1S/C8H14Cl2/c1-2-6-3-4-7(9)8(10)5-6/h6-8H,2-5H2,1H3. The maximum absolute atomic E-state index is 6.01. The summed E-state index contributed by atoms with van der Waals surface area (Å²) in [5, 5.41) is 0.449. The Bertz CT molecular complexity index is 103. The van der Waals surface area contributed by atoms with Crippen LogP contribution in [0.2, 0.25) is 0 Å². The Labute approximate surface area is 72.9 Å². The molecule has 2 heteroatoms. The van der Waals surface area contributed by atoms with E-state index in [2.05, 4.69) is 6.92 Å². The molecule has 1 rings (SSSR count). The summed E-state index contributed by atoms with van der Waals surface area (Å²) in [6, 6.07) is 0. The normalized spacial score (nSPS) is 41.7. The summed E-state index contributed by atoms with van der Waals surface area (Å²) in [6.45, 7) is 2.23. The number of hydrogen-bond acceptors (Lipinski definition) is 0. The van der Waals surface area contributed by atoms with Crippen LogP contribution < -0.4 is 0 Å². The van der Waals surface area contributed by atoms with Crippen LogP contribution in [0.25, 0.3) is 0 Å². The van der Waals surface area contributed by atoms with Gasteiger partial charge in [-0.25, -0.2) is 0 Å². The van der Waals surface area contributed by atoms with E-state index >= 15 is 0 Å². The van der Waals surface area contributed by atoms with Gasteiger partial charge in [-0.05, 0) is 25.2 Å². The van der Waals surface area contributed by atoms with E-state index in [1.54, 1.807) is 0 Å². The summed E-state index contributed by atoms with van der Waals surface area (Å²) in [5.74, 6) is 0.831. The number of hydrogen-bond donors (Lipinski definition) is 0. The molecule has 1 aliphatic carbocycles. The molecule has 1 aliphatic rings. The van der Waals surface area contributed by atoms with Gasteiger partial charge in [0.2, 0.25) is 0 Å². The van der Waals surface area contributed by atoms with E-state index in [1.165, 1.54) is 12.8 Å². The SMILES string of the molecule is CCC1CCC(Cl)C(Cl)C1. The first-order valence-corrected chi connectivity index (χ1v) is 4.89. The third-order valence-electron chi connectivity index (χ3n) is 2.38. The Kier molecular flexibility index (Phi) is 3.32. The molecular weight excluding hydrogens is 167 g/mol. The summed E-state index contributed by atoms with van der Waals surface area (Å²) in [4.78, 5) is 0. The smallest absolute Gasteiger partial charge is 0.0502 e. The van der Waals surface area contributed by atoms with Crippen LogP contribution in [0.5, 0.6) is 0 Å². The van der Waals surface area contributed by atoms with Gasteiger partial charge in [-0.1, -0.05) is 13.3 Å². The lowest BCUT2D eigenvalue weighted by atomic mass is 9.87. The zero-order chi connectivity index (χ0) is 7.56. The summed E-state index contributed by atoms with van der Waals surface area (Å²) < 4.78 is 0. The first-order valence-electron chi connectivity index (χ1n) is 4.02. The third-order valence-corrected chi connectivity index (χ3v) is 3.51. The number of alkyl halides is 2. The predicted octanol–water partition coefficient (Wildman–Crippen LogP) is 3.41. The highest BCUT2D eigenvalue weighted by atomic mass is 35.5. The van der Waals surface area contributed by atoms with Crippen molar-refractivity contribution in [1.82, 2.24) is 0 Å². The molecule has 10 heavy (non-hydrogen) atoms. The third kappa shape index (κ3) is 2.03. The molecule has 0 aliphatic heterocycles. The van der Waals surface area contributed by atoms with Gasteiger partial charge in [0.25, 0.3) is 0 Å². The van der Waals surface area contributed by atoms with E-state index in [4.69, 9.17) is 23.2 Å². The quantitative estimate of drug-likeness (QED) is 0.543. The fraction of sp³-hybridized carbons (Fsp3) is 1.00. The van der Waals surface area contributed by atoms with Crippen molar-refractivity contribution < 1.29 is 0 Å². The van der Waals surface area contributed by atoms with E-state index in [0.29, 0.717) is 0 Å². The second-order valence-electron chi connectivity index (χ2n) is 3.12. The highest BCUT2D eigenvalue weighted by Gasteiger charge is 2.26. The van der Waals surface area contributed by atoms with Crippen LogP contribution in [0.15, 0.2) is 0 Å². The molecule has 0 aromatic heterocycles. The molecule has 0 bridgehead atoms. The second kappa shape index (κ2) is 3.82. The molecule has 0 saturated heterocycles. The number of rotatable bonds is 1. The lowest BCUT2D eigenvalue weighted by Crippen LogP contribution is -2.25. The van der Waals surface area contributed by atoms with Gasteiger partial charge in [-0.2, -0.15) is 0 Å². The van der Waals surface area contributed by atoms with E-state index < -0.39 is 0 Å². The lowest BCUT2D eigenvalue weighted by molar-refractivity contribution is 0.358. The fourth-order valence-corrected chi connectivity index (χ4v) is 2.14. The summed E-state index contributed by atoms with van der Waals surface area (Å²) in [7, 11) is 0. The highest BCUT2D eigenvalue weighted by molar-refractivity contribution is 6.30. The number of halogens is 2. The Morgan fingerprint density at radius 1 is 1.20 bits per heavy atom. The van der Waals surface area contributed by atoms with Crippen molar-refractivity contribution in [2.45, 2.75) is 43.4 Å². The molecule has 0 aromatic rings. The van der Waals surface area contributed by atoms with Gasteiger partial charge in [0.1, 0.15) is 0 Å². The van der Waals surface area contributed by atoms with Gasteiger partial charge in [-0.15, -0.1) is 23.2 Å². The molecular formula is C8H14Cl2. The van der Waals surface area contributed by atoms with Crippen LogP contribution in [0.3, 0.4) is 0 Å². The van der Waals surface area contributed by atoms with Crippen molar-refractivity contribution in [3.05, 3.63) is 0 Å². The van der Waals surface area contributed by atoms with E-state index in [9.17, 15) is 0 Å². The van der Waals surface area contributed by atoms with Crippen LogP contribution in [-0.4, -0.2) is 10.8 Å². The zero-order valence-corrected chi connectivity index (χ0v) is 7.83. The summed E-state index contributed by atoms with van der Waals surface area (Å²) in [5.41, 5.74) is 0. The molecule has 3 atom stereocenters. The van der Waals surface area contributed by atoms with Crippen molar-refractivity contribution in [3.63, 3.8) is 0 Å². The molecule has 3 unspecified atom stereocenters. The average molecular weight is 181 g/mol. The first-order chi connectivity index (χ1) is 4.74. The van der Waals surface area contributed by atoms with Gasteiger partial charge in [-0.3, -0.25) is 0 Å². The lowest BCUT2D eigenvalue weighted by Gasteiger charge is -2.28. The van der Waals surface area contributed by atoms with Crippen molar-refractivity contribution in [1.29, 1.82) is 0 Å². The monoisotopic (exact) mass is 180 g/mol. The molecule has 1 saturated carbocycles. The van der Waals surface area contributed by atoms with Gasteiger partial charge >= 0.3 is 0 Å². The highest BCUT2D eigenvalue weighted by Crippen LogP contribution is 2.32. The Morgan fingerprint density at radius 3 is 2.40 bits per heavy atom. The Morgan fingerprint density at radius 2 is 1.90 bits per heavy atom. The molecule has 0 heterocycles. The molecule has 0 amide bonds. The second-order valence-corrected chi connectivity index (χ2v) is 4.24. The molecule has 0 aromatic carbocycles. The maximum Gasteiger partial charge on any atom is 0.0502 e. The van der Waals surface area contributed by atoms with E-state index in [0.717, 1.165) is 18.8 Å². The minimum atomic E-state index is 0.223. The van der Waals surface area contributed by atoms with Crippen LogP contribution in [0.1, 0.15) is 32.6 Å². The Hall–Kier alpha value is 0.580. The van der Waals surface area contributed by atoms with E-state index in [-0.39, 0.29) is 10.8 Å². The molecule has 0 radical (unpaired) electrons. The van der Waals surface area contributed by atoms with Crippen molar-refractivity contribution in [3.8, 4) is 0 Å². The van der Waals surface area contributed by atoms with Gasteiger partial charge in [0.05, 0.1) is 5.38 Å². The van der Waals surface area contributed by atoms with Crippen LogP contribution in [-0.2, 0) is 0 Å². The van der Waals surface area contributed by atoms with E-state index in [1.807, 2.05) is 0 Å². The van der Waals surface area contributed by atoms with Crippen LogP contribution in [0.4, 0.5) is 0 Å². The fourth-order valence-electron chi connectivity index (χ4n) is 1.53. The molecule has 1 fully saturated rings. The molecule has 0 spiro atoms. The van der Waals surface area contributed by atoms with Crippen molar-refractivity contribution >= 4 is 23.2 Å². The van der Waals surface area contributed by atoms with Gasteiger partial charge in [0, 0.05) is 5.38 Å². The van der Waals surface area contributed by atoms with Crippen LogP contribution in [0, 0.1) is 5.92 Å².